The predicted molar refractivity (Wildman–Crippen MR) is 114 cm³/mol. The van der Waals surface area contributed by atoms with Crippen molar-refractivity contribution in [2.45, 2.75) is 32.5 Å². The fourth-order valence-corrected chi connectivity index (χ4v) is 4.49. The molecule has 4 rings (SSSR count). The molecule has 0 saturated heterocycles. The van der Waals surface area contributed by atoms with Gasteiger partial charge in [-0.3, -0.25) is 0 Å². The fourth-order valence-electron chi connectivity index (χ4n) is 4.49. The maximum atomic E-state index is 14.8. The van der Waals surface area contributed by atoms with Crippen molar-refractivity contribution in [3.63, 3.8) is 0 Å². The number of fused-ring (bicyclic) bond motifs is 3. The smallest absolute Gasteiger partial charge is 0.416 e. The number of esters is 1. The number of ether oxygens (including phenoxy) is 1. The van der Waals surface area contributed by atoms with Crippen molar-refractivity contribution < 1.29 is 27.1 Å². The van der Waals surface area contributed by atoms with E-state index < -0.39 is 34.8 Å². The summed E-state index contributed by atoms with van der Waals surface area (Å²) in [7, 11) is 0. The molecule has 7 heteroatoms. The molecule has 0 amide bonds. The second-order valence-electron chi connectivity index (χ2n) is 7.84. The lowest BCUT2D eigenvalue weighted by molar-refractivity contribution is -0.147. The van der Waals surface area contributed by atoms with E-state index in [0.717, 1.165) is 28.3 Å². The van der Waals surface area contributed by atoms with Gasteiger partial charge in [0.25, 0.3) is 0 Å². The monoisotopic (exact) mass is 443 g/mol. The molecule has 1 aliphatic carbocycles. The van der Waals surface area contributed by atoms with Crippen LogP contribution < -0.4 is 5.32 Å². The average molecular weight is 443 g/mol. The summed E-state index contributed by atoms with van der Waals surface area (Å²) >= 11 is 0. The Balaban J connectivity index is 2.03. The normalized spacial score (nSPS) is 17.0. The Kier molecular flexibility index (Phi) is 5.23. The lowest BCUT2D eigenvalue weighted by Crippen LogP contribution is -2.45. The van der Waals surface area contributed by atoms with Crippen LogP contribution in [0.2, 0.25) is 0 Å². The zero-order valence-corrected chi connectivity index (χ0v) is 17.7. The minimum atomic E-state index is -4.67. The Morgan fingerprint density at radius 2 is 1.75 bits per heavy atom. The number of alkyl halides is 3. The summed E-state index contributed by atoms with van der Waals surface area (Å²) < 4.78 is 60.2. The third kappa shape index (κ3) is 3.32. The van der Waals surface area contributed by atoms with E-state index in [-0.39, 0.29) is 6.61 Å². The van der Waals surface area contributed by atoms with Crippen LogP contribution >= 0.6 is 0 Å². The number of halogens is 4. The number of nitrogens with one attached hydrogen (secondary N) is 1. The first-order chi connectivity index (χ1) is 15.1. The Morgan fingerprint density at radius 1 is 1.03 bits per heavy atom. The second kappa shape index (κ2) is 7.65. The van der Waals surface area contributed by atoms with E-state index in [9.17, 15) is 22.4 Å². The van der Waals surface area contributed by atoms with Crippen molar-refractivity contribution in [1.82, 2.24) is 0 Å². The molecular formula is C25H21F4NO2. The SMILES string of the molecule is CCOC(=O)C1(Nc2cc(C(F)(F)F)ccc2F)c2ccccc2-c2cc(C)cc(C)c21. The van der Waals surface area contributed by atoms with Crippen molar-refractivity contribution in [1.29, 1.82) is 0 Å². The Hall–Kier alpha value is -3.35. The molecule has 0 heterocycles. The van der Waals surface area contributed by atoms with Crippen molar-refractivity contribution in [2.24, 2.45) is 0 Å². The van der Waals surface area contributed by atoms with Gasteiger partial charge in [0.2, 0.25) is 0 Å². The number of hydrogen-bond acceptors (Lipinski definition) is 3. The summed E-state index contributed by atoms with van der Waals surface area (Å²) in [5, 5.41) is 2.84. The lowest BCUT2D eigenvalue weighted by atomic mass is 9.84. The quantitative estimate of drug-likeness (QED) is 0.377. The largest absolute Gasteiger partial charge is 0.464 e. The molecule has 3 nitrogen and oxygen atoms in total. The minimum Gasteiger partial charge on any atom is -0.464 e. The molecular weight excluding hydrogens is 422 g/mol. The first kappa shape index (κ1) is 21.9. The van der Waals surface area contributed by atoms with E-state index in [1.54, 1.807) is 19.1 Å². The first-order valence-electron chi connectivity index (χ1n) is 10.1. The van der Waals surface area contributed by atoms with Gasteiger partial charge in [0.05, 0.1) is 17.9 Å². The molecule has 0 aliphatic heterocycles. The number of rotatable bonds is 4. The zero-order chi connectivity index (χ0) is 23.3. The van der Waals surface area contributed by atoms with Gasteiger partial charge in [-0.05, 0) is 55.7 Å². The van der Waals surface area contributed by atoms with Crippen LogP contribution in [0.4, 0.5) is 23.2 Å². The number of hydrogen-bond donors (Lipinski definition) is 1. The molecule has 0 saturated carbocycles. The van der Waals surface area contributed by atoms with Crippen LogP contribution in [0.5, 0.6) is 0 Å². The van der Waals surface area contributed by atoms with Crippen LogP contribution in [0.15, 0.2) is 54.6 Å². The number of benzene rings is 3. The maximum absolute atomic E-state index is 14.8. The molecule has 0 spiro atoms. The van der Waals surface area contributed by atoms with Crippen LogP contribution in [0, 0.1) is 19.7 Å². The summed E-state index contributed by atoms with van der Waals surface area (Å²) in [5.74, 6) is -1.62. The molecule has 3 aromatic rings. The highest BCUT2D eigenvalue weighted by Gasteiger charge is 2.52. The lowest BCUT2D eigenvalue weighted by Gasteiger charge is -2.33. The average Bonchev–Trinajstić information content (AvgIpc) is 3.00. The van der Waals surface area contributed by atoms with Crippen LogP contribution in [0.1, 0.15) is 34.7 Å². The second-order valence-corrected chi connectivity index (χ2v) is 7.84. The highest BCUT2D eigenvalue weighted by atomic mass is 19.4. The van der Waals surface area contributed by atoms with Gasteiger partial charge < -0.3 is 10.1 Å². The Labute approximate surface area is 183 Å². The summed E-state index contributed by atoms with van der Waals surface area (Å²) in [4.78, 5) is 13.5. The van der Waals surface area contributed by atoms with Crippen LogP contribution in [0.3, 0.4) is 0 Å². The standard InChI is InChI=1S/C25H21F4NO2/c1-4-32-23(31)24(30-21-13-16(25(27,28)29)9-10-20(21)26)19-8-6-5-7-17(19)18-12-14(2)11-15(3)22(18)24/h5-13,30H,4H2,1-3H3. The van der Waals surface area contributed by atoms with Crippen molar-refractivity contribution in [2.75, 3.05) is 11.9 Å². The van der Waals surface area contributed by atoms with Crippen molar-refractivity contribution in [3.8, 4) is 11.1 Å². The van der Waals surface area contributed by atoms with Crippen LogP contribution in [0.25, 0.3) is 11.1 Å². The summed E-state index contributed by atoms with van der Waals surface area (Å²) in [6, 6.07) is 13.0. The molecule has 32 heavy (non-hydrogen) atoms. The number of anilines is 1. The van der Waals surface area contributed by atoms with Gasteiger partial charge in [-0.1, -0.05) is 42.0 Å². The minimum absolute atomic E-state index is 0.0513. The van der Waals surface area contributed by atoms with E-state index in [2.05, 4.69) is 5.32 Å². The topological polar surface area (TPSA) is 38.3 Å². The van der Waals surface area contributed by atoms with Gasteiger partial charge in [-0.15, -0.1) is 0 Å². The van der Waals surface area contributed by atoms with E-state index >= 15 is 0 Å². The summed E-state index contributed by atoms with van der Waals surface area (Å²) in [5.41, 5.74) is 1.07. The third-order valence-electron chi connectivity index (χ3n) is 5.67. The predicted octanol–water partition coefficient (Wildman–Crippen LogP) is 6.36. The van der Waals surface area contributed by atoms with Gasteiger partial charge in [0, 0.05) is 11.1 Å². The van der Waals surface area contributed by atoms with Crippen LogP contribution in [-0.2, 0) is 21.2 Å². The Bertz CT molecular complexity index is 1220. The van der Waals surface area contributed by atoms with Gasteiger partial charge in [-0.2, -0.15) is 13.2 Å². The maximum Gasteiger partial charge on any atom is 0.416 e. The van der Waals surface area contributed by atoms with Gasteiger partial charge in [0.15, 0.2) is 5.54 Å². The number of carbonyl (C=O) groups is 1. The molecule has 1 atom stereocenters. The highest BCUT2D eigenvalue weighted by molar-refractivity contribution is 6.01. The number of carbonyl (C=O) groups excluding carboxylic acids is 1. The van der Waals surface area contributed by atoms with E-state index in [0.29, 0.717) is 23.3 Å². The summed E-state index contributed by atoms with van der Waals surface area (Å²) in [6.07, 6.45) is -4.67. The molecule has 0 aromatic heterocycles. The molecule has 1 N–H and O–H groups in total. The van der Waals surface area contributed by atoms with Gasteiger partial charge >= 0.3 is 12.1 Å². The fraction of sp³-hybridized carbons (Fsp3) is 0.240. The van der Waals surface area contributed by atoms with Gasteiger partial charge in [0.1, 0.15) is 5.82 Å². The van der Waals surface area contributed by atoms with Gasteiger partial charge in [-0.25, -0.2) is 9.18 Å². The number of aryl methyl sites for hydroxylation is 2. The molecule has 1 aliphatic rings. The highest BCUT2D eigenvalue weighted by Crippen LogP contribution is 2.52. The summed E-state index contributed by atoms with van der Waals surface area (Å²) in [6.45, 7) is 5.42. The van der Waals surface area contributed by atoms with Crippen molar-refractivity contribution in [3.05, 3.63) is 88.2 Å². The molecule has 0 fully saturated rings. The van der Waals surface area contributed by atoms with E-state index in [1.165, 1.54) is 0 Å². The molecule has 0 radical (unpaired) electrons. The molecule has 1 unspecified atom stereocenters. The first-order valence-corrected chi connectivity index (χ1v) is 10.1. The van der Waals surface area contributed by atoms with Crippen molar-refractivity contribution >= 4 is 11.7 Å². The molecule has 3 aromatic carbocycles. The third-order valence-corrected chi connectivity index (χ3v) is 5.67. The zero-order valence-electron chi connectivity index (χ0n) is 17.7. The van der Waals surface area contributed by atoms with E-state index in [4.69, 9.17) is 4.74 Å². The Morgan fingerprint density at radius 3 is 2.44 bits per heavy atom. The molecule has 166 valence electrons. The van der Waals surface area contributed by atoms with E-state index in [1.807, 2.05) is 38.1 Å². The molecule has 0 bridgehead atoms. The van der Waals surface area contributed by atoms with Crippen LogP contribution in [-0.4, -0.2) is 12.6 Å².